The van der Waals surface area contributed by atoms with Crippen LogP contribution >= 0.6 is 0 Å². The zero-order valence-electron chi connectivity index (χ0n) is 8.80. The van der Waals surface area contributed by atoms with Crippen LogP contribution in [0.25, 0.3) is 0 Å². The Morgan fingerprint density at radius 1 is 1.62 bits per heavy atom. The SMILES string of the molecule is COC1CC(NS(=O)(=O)c2cn[nH]c2N)C1. The van der Waals surface area contributed by atoms with Gasteiger partial charge in [-0.15, -0.1) is 0 Å². The number of anilines is 1. The fourth-order valence-corrected chi connectivity index (χ4v) is 2.92. The van der Waals surface area contributed by atoms with Crippen LogP contribution < -0.4 is 10.5 Å². The summed E-state index contributed by atoms with van der Waals surface area (Å²) in [6.45, 7) is 0. The molecule has 1 saturated carbocycles. The molecule has 1 aliphatic rings. The number of nitrogen functional groups attached to an aromatic ring is 1. The third-order valence-electron chi connectivity index (χ3n) is 2.67. The standard InChI is InChI=1S/C8H14N4O3S/c1-15-6-2-5(3-6)12-16(13,14)7-4-10-11-8(7)9/h4-6,12H,2-3H2,1H3,(H3,9,10,11). The zero-order valence-corrected chi connectivity index (χ0v) is 9.62. The molecule has 7 nitrogen and oxygen atoms in total. The summed E-state index contributed by atoms with van der Waals surface area (Å²) in [6.07, 6.45) is 2.72. The molecule has 16 heavy (non-hydrogen) atoms. The van der Waals surface area contributed by atoms with Gasteiger partial charge in [-0.2, -0.15) is 5.10 Å². The summed E-state index contributed by atoms with van der Waals surface area (Å²) in [5.74, 6) is 0.0510. The second-order valence-corrected chi connectivity index (χ2v) is 5.48. The largest absolute Gasteiger partial charge is 0.383 e. The Morgan fingerprint density at radius 2 is 2.31 bits per heavy atom. The molecule has 1 heterocycles. The van der Waals surface area contributed by atoms with E-state index in [2.05, 4.69) is 14.9 Å². The maximum atomic E-state index is 11.8. The molecule has 0 atom stereocenters. The summed E-state index contributed by atoms with van der Waals surface area (Å²) in [6, 6.07) is -0.0794. The summed E-state index contributed by atoms with van der Waals surface area (Å²) in [5.41, 5.74) is 5.45. The average molecular weight is 246 g/mol. The number of methoxy groups -OCH3 is 1. The number of aromatic nitrogens is 2. The molecule has 1 aliphatic carbocycles. The van der Waals surface area contributed by atoms with E-state index in [-0.39, 0.29) is 22.9 Å². The Morgan fingerprint density at radius 3 is 2.81 bits per heavy atom. The topological polar surface area (TPSA) is 110 Å². The van der Waals surface area contributed by atoms with E-state index in [1.54, 1.807) is 7.11 Å². The van der Waals surface area contributed by atoms with Crippen molar-refractivity contribution < 1.29 is 13.2 Å². The Bertz CT molecular complexity index is 463. The van der Waals surface area contributed by atoms with Gasteiger partial charge in [-0.1, -0.05) is 0 Å². The van der Waals surface area contributed by atoms with Gasteiger partial charge in [-0.05, 0) is 12.8 Å². The van der Waals surface area contributed by atoms with Crippen LogP contribution in [0.2, 0.25) is 0 Å². The van der Waals surface area contributed by atoms with Crippen LogP contribution in [0.15, 0.2) is 11.1 Å². The zero-order chi connectivity index (χ0) is 11.8. The Labute approximate surface area is 93.4 Å². The molecule has 1 aromatic heterocycles. The molecule has 1 fully saturated rings. The van der Waals surface area contributed by atoms with Crippen LogP contribution in [0.4, 0.5) is 5.82 Å². The lowest BCUT2D eigenvalue weighted by atomic mass is 9.90. The van der Waals surface area contributed by atoms with E-state index in [1.165, 1.54) is 6.20 Å². The van der Waals surface area contributed by atoms with E-state index in [9.17, 15) is 8.42 Å². The molecule has 0 amide bonds. The molecule has 0 saturated heterocycles. The molecule has 90 valence electrons. The van der Waals surface area contributed by atoms with E-state index < -0.39 is 10.0 Å². The van der Waals surface area contributed by atoms with E-state index in [1.807, 2.05) is 0 Å². The number of nitrogens with two attached hydrogens (primary N) is 1. The number of sulfonamides is 1. The molecule has 0 unspecified atom stereocenters. The number of aromatic amines is 1. The first-order chi connectivity index (χ1) is 7.53. The lowest BCUT2D eigenvalue weighted by Crippen LogP contribution is -2.47. The molecule has 4 N–H and O–H groups in total. The summed E-state index contributed by atoms with van der Waals surface area (Å²) >= 11 is 0. The van der Waals surface area contributed by atoms with Crippen LogP contribution in [0.5, 0.6) is 0 Å². The van der Waals surface area contributed by atoms with Crippen LogP contribution in [-0.2, 0) is 14.8 Å². The molecular formula is C8H14N4O3S. The van der Waals surface area contributed by atoms with E-state index in [4.69, 9.17) is 10.5 Å². The Hall–Kier alpha value is -1.12. The third-order valence-corrected chi connectivity index (χ3v) is 4.22. The van der Waals surface area contributed by atoms with Crippen LogP contribution in [0.1, 0.15) is 12.8 Å². The van der Waals surface area contributed by atoms with Crippen LogP contribution in [0.3, 0.4) is 0 Å². The second-order valence-electron chi connectivity index (χ2n) is 3.80. The van der Waals surface area contributed by atoms with Gasteiger partial charge in [-0.25, -0.2) is 13.1 Å². The van der Waals surface area contributed by atoms with E-state index in [0.717, 1.165) is 0 Å². The maximum Gasteiger partial charge on any atom is 0.246 e. The van der Waals surface area contributed by atoms with Gasteiger partial charge in [-0.3, -0.25) is 5.10 Å². The maximum absolute atomic E-state index is 11.8. The summed E-state index contributed by atoms with van der Waals surface area (Å²) in [4.78, 5) is -0.00614. The lowest BCUT2D eigenvalue weighted by Gasteiger charge is -2.34. The first kappa shape index (κ1) is 11.4. The average Bonchev–Trinajstić information content (AvgIpc) is 2.58. The monoisotopic (exact) mass is 246 g/mol. The van der Waals surface area contributed by atoms with Gasteiger partial charge in [0.05, 0.1) is 12.3 Å². The van der Waals surface area contributed by atoms with Gasteiger partial charge in [0.25, 0.3) is 0 Å². The smallest absolute Gasteiger partial charge is 0.246 e. The second kappa shape index (κ2) is 4.04. The highest BCUT2D eigenvalue weighted by atomic mass is 32.2. The van der Waals surface area contributed by atoms with Gasteiger partial charge in [0.2, 0.25) is 10.0 Å². The number of hydrogen-bond donors (Lipinski definition) is 3. The summed E-state index contributed by atoms with van der Waals surface area (Å²) < 4.78 is 31.3. The van der Waals surface area contributed by atoms with E-state index in [0.29, 0.717) is 12.8 Å². The van der Waals surface area contributed by atoms with Gasteiger partial charge >= 0.3 is 0 Å². The van der Waals surface area contributed by atoms with Gasteiger partial charge in [0.1, 0.15) is 10.7 Å². The summed E-state index contributed by atoms with van der Waals surface area (Å²) in [5, 5.41) is 5.96. The number of nitrogens with one attached hydrogen (secondary N) is 2. The predicted octanol–water partition coefficient (Wildman–Crippen LogP) is -0.552. The van der Waals surface area contributed by atoms with Gasteiger partial charge in [0.15, 0.2) is 0 Å². The lowest BCUT2D eigenvalue weighted by molar-refractivity contribution is 0.0236. The van der Waals surface area contributed by atoms with Gasteiger partial charge in [0, 0.05) is 13.2 Å². The number of nitrogens with zero attached hydrogens (tertiary/aromatic N) is 1. The minimum Gasteiger partial charge on any atom is -0.383 e. The molecule has 0 bridgehead atoms. The minimum atomic E-state index is -3.56. The highest BCUT2D eigenvalue weighted by Crippen LogP contribution is 2.25. The van der Waals surface area contributed by atoms with Crippen molar-refractivity contribution in [2.24, 2.45) is 0 Å². The van der Waals surface area contributed by atoms with Crippen molar-refractivity contribution in [3.8, 4) is 0 Å². The van der Waals surface area contributed by atoms with Crippen molar-refractivity contribution in [3.63, 3.8) is 0 Å². The molecule has 0 spiro atoms. The Balaban J connectivity index is 2.03. The van der Waals surface area contributed by atoms with Crippen LogP contribution in [-0.4, -0.2) is 37.9 Å². The number of hydrogen-bond acceptors (Lipinski definition) is 5. The Kier molecular flexibility index (Phi) is 2.87. The number of H-pyrrole nitrogens is 1. The first-order valence-corrected chi connectivity index (χ1v) is 6.35. The molecule has 0 aliphatic heterocycles. The van der Waals surface area contributed by atoms with Crippen molar-refractivity contribution in [2.45, 2.75) is 29.9 Å². The van der Waals surface area contributed by atoms with Crippen molar-refractivity contribution in [2.75, 3.05) is 12.8 Å². The molecule has 2 rings (SSSR count). The van der Waals surface area contributed by atoms with Crippen LogP contribution in [0, 0.1) is 0 Å². The van der Waals surface area contributed by atoms with E-state index >= 15 is 0 Å². The molecular weight excluding hydrogens is 232 g/mol. The fraction of sp³-hybridized carbons (Fsp3) is 0.625. The molecule has 1 aromatic rings. The first-order valence-electron chi connectivity index (χ1n) is 4.87. The molecule has 0 radical (unpaired) electrons. The highest BCUT2D eigenvalue weighted by molar-refractivity contribution is 7.89. The van der Waals surface area contributed by atoms with Crippen molar-refractivity contribution in [1.82, 2.24) is 14.9 Å². The predicted molar refractivity (Wildman–Crippen MR) is 57.1 cm³/mol. The molecule has 0 aromatic carbocycles. The van der Waals surface area contributed by atoms with Crippen molar-refractivity contribution in [3.05, 3.63) is 6.20 Å². The summed E-state index contributed by atoms with van der Waals surface area (Å²) in [7, 11) is -1.95. The highest BCUT2D eigenvalue weighted by Gasteiger charge is 2.33. The van der Waals surface area contributed by atoms with Gasteiger partial charge < -0.3 is 10.5 Å². The normalized spacial score (nSPS) is 25.3. The number of ether oxygens (including phenoxy) is 1. The van der Waals surface area contributed by atoms with Crippen molar-refractivity contribution >= 4 is 15.8 Å². The quantitative estimate of drug-likeness (QED) is 0.660. The fourth-order valence-electron chi connectivity index (χ4n) is 1.64. The molecule has 8 heteroatoms. The number of rotatable bonds is 4. The van der Waals surface area contributed by atoms with Crippen molar-refractivity contribution in [1.29, 1.82) is 0 Å². The third kappa shape index (κ3) is 2.04. The minimum absolute atomic E-state index is 0.00614.